The lowest BCUT2D eigenvalue weighted by Crippen LogP contribution is -2.54. The molecule has 0 spiro atoms. The van der Waals surface area contributed by atoms with Gasteiger partial charge in [-0.25, -0.2) is 4.39 Å². The molecule has 0 aliphatic carbocycles. The number of amides is 1. The Balaban J connectivity index is 1.38. The van der Waals surface area contributed by atoms with Crippen molar-refractivity contribution in [3.05, 3.63) is 54.3 Å². The normalized spacial score (nSPS) is 19.6. The van der Waals surface area contributed by atoms with Crippen LogP contribution < -0.4 is 14.4 Å². The van der Waals surface area contributed by atoms with Gasteiger partial charge in [0.25, 0.3) is 5.91 Å². The summed E-state index contributed by atoms with van der Waals surface area (Å²) in [6, 6.07) is 14.1. The van der Waals surface area contributed by atoms with Gasteiger partial charge in [0.15, 0.2) is 11.5 Å². The summed E-state index contributed by atoms with van der Waals surface area (Å²) in [7, 11) is 0. The number of hydrogen-bond donors (Lipinski definition) is 0. The molecule has 1 amide bonds. The highest BCUT2D eigenvalue weighted by atomic mass is 19.1. The number of piperazine rings is 1. The standard InChI is InChI=1S/C19H19FN2O3/c20-14-5-1-2-6-15(14)21-9-11-22(12-10-21)19(23)18-13-24-16-7-3-4-8-17(16)25-18/h1-8,18H,9-13H2/t18-/m1/s1. The maximum Gasteiger partial charge on any atom is 0.267 e. The lowest BCUT2D eigenvalue weighted by atomic mass is 10.2. The molecule has 0 bridgehead atoms. The van der Waals surface area contributed by atoms with Gasteiger partial charge in [-0.1, -0.05) is 24.3 Å². The first-order valence-electron chi connectivity index (χ1n) is 8.39. The fourth-order valence-electron chi connectivity index (χ4n) is 3.22. The van der Waals surface area contributed by atoms with Crippen molar-refractivity contribution in [1.82, 2.24) is 4.90 Å². The summed E-state index contributed by atoms with van der Waals surface area (Å²) in [5.41, 5.74) is 0.584. The van der Waals surface area contributed by atoms with Crippen molar-refractivity contribution in [3.63, 3.8) is 0 Å². The molecule has 1 atom stereocenters. The van der Waals surface area contributed by atoms with E-state index in [0.29, 0.717) is 43.4 Å². The summed E-state index contributed by atoms with van der Waals surface area (Å²) in [4.78, 5) is 16.4. The Kier molecular flexibility index (Phi) is 4.17. The lowest BCUT2D eigenvalue weighted by molar-refractivity contribution is -0.141. The summed E-state index contributed by atoms with van der Waals surface area (Å²) in [5, 5.41) is 0. The number of fused-ring (bicyclic) bond motifs is 1. The van der Waals surface area contributed by atoms with Gasteiger partial charge in [0, 0.05) is 26.2 Å². The van der Waals surface area contributed by atoms with Crippen LogP contribution in [0.1, 0.15) is 0 Å². The van der Waals surface area contributed by atoms with E-state index in [4.69, 9.17) is 9.47 Å². The molecule has 1 fully saturated rings. The Morgan fingerprint density at radius 3 is 2.40 bits per heavy atom. The largest absolute Gasteiger partial charge is 0.485 e. The molecule has 2 aromatic carbocycles. The van der Waals surface area contributed by atoms with Crippen LogP contribution in [-0.4, -0.2) is 49.7 Å². The number of para-hydroxylation sites is 3. The number of rotatable bonds is 2. The van der Waals surface area contributed by atoms with E-state index in [-0.39, 0.29) is 18.3 Å². The molecule has 130 valence electrons. The van der Waals surface area contributed by atoms with Crippen LogP contribution >= 0.6 is 0 Å². The first-order valence-corrected chi connectivity index (χ1v) is 8.39. The number of hydrogen-bond acceptors (Lipinski definition) is 4. The van der Waals surface area contributed by atoms with Gasteiger partial charge in [0.05, 0.1) is 5.69 Å². The first-order chi connectivity index (χ1) is 12.2. The zero-order chi connectivity index (χ0) is 17.2. The number of carbonyl (C=O) groups excluding carboxylic acids is 1. The van der Waals surface area contributed by atoms with Crippen molar-refractivity contribution in [3.8, 4) is 11.5 Å². The number of benzene rings is 2. The number of ether oxygens (including phenoxy) is 2. The highest BCUT2D eigenvalue weighted by Crippen LogP contribution is 2.31. The van der Waals surface area contributed by atoms with Crippen LogP contribution in [0.15, 0.2) is 48.5 Å². The molecule has 2 aliphatic heterocycles. The first kappa shape index (κ1) is 15.7. The molecule has 5 nitrogen and oxygen atoms in total. The fourth-order valence-corrected chi connectivity index (χ4v) is 3.22. The zero-order valence-corrected chi connectivity index (χ0v) is 13.7. The molecule has 2 aromatic rings. The maximum atomic E-state index is 13.9. The summed E-state index contributed by atoms with van der Waals surface area (Å²) in [6.07, 6.45) is -0.630. The second kappa shape index (κ2) is 6.63. The average Bonchev–Trinajstić information content (AvgIpc) is 2.67. The maximum absolute atomic E-state index is 13.9. The third kappa shape index (κ3) is 3.12. The molecular weight excluding hydrogens is 323 g/mol. The molecule has 25 heavy (non-hydrogen) atoms. The highest BCUT2D eigenvalue weighted by Gasteiger charge is 2.32. The minimum atomic E-state index is -0.630. The van der Waals surface area contributed by atoms with Gasteiger partial charge in [0.1, 0.15) is 12.4 Å². The van der Waals surface area contributed by atoms with E-state index in [9.17, 15) is 9.18 Å². The van der Waals surface area contributed by atoms with E-state index in [2.05, 4.69) is 0 Å². The van der Waals surface area contributed by atoms with Crippen LogP contribution in [0.25, 0.3) is 0 Å². The molecule has 0 saturated carbocycles. The SMILES string of the molecule is O=C([C@H]1COc2ccccc2O1)N1CCN(c2ccccc2F)CC1. The van der Waals surface area contributed by atoms with Gasteiger partial charge < -0.3 is 19.3 Å². The Morgan fingerprint density at radius 1 is 0.960 bits per heavy atom. The van der Waals surface area contributed by atoms with Crippen molar-refractivity contribution in [1.29, 1.82) is 0 Å². The molecule has 1 saturated heterocycles. The van der Waals surface area contributed by atoms with E-state index in [1.807, 2.05) is 29.2 Å². The summed E-state index contributed by atoms with van der Waals surface area (Å²) in [5.74, 6) is 0.943. The summed E-state index contributed by atoms with van der Waals surface area (Å²) < 4.78 is 25.3. The number of halogens is 1. The molecular formula is C19H19FN2O3. The quantitative estimate of drug-likeness (QED) is 0.840. The Morgan fingerprint density at radius 2 is 1.64 bits per heavy atom. The van der Waals surface area contributed by atoms with Crippen LogP contribution in [0.2, 0.25) is 0 Å². The van der Waals surface area contributed by atoms with Gasteiger partial charge >= 0.3 is 0 Å². The minimum Gasteiger partial charge on any atom is -0.485 e. The van der Waals surface area contributed by atoms with Crippen molar-refractivity contribution >= 4 is 11.6 Å². The fraction of sp³-hybridized carbons (Fsp3) is 0.316. The van der Waals surface area contributed by atoms with E-state index >= 15 is 0 Å². The van der Waals surface area contributed by atoms with Crippen LogP contribution in [0.4, 0.5) is 10.1 Å². The van der Waals surface area contributed by atoms with E-state index < -0.39 is 6.10 Å². The van der Waals surface area contributed by atoms with Gasteiger partial charge in [-0.05, 0) is 24.3 Å². The van der Waals surface area contributed by atoms with E-state index in [0.717, 1.165) is 0 Å². The molecule has 4 rings (SSSR count). The summed E-state index contributed by atoms with van der Waals surface area (Å²) >= 11 is 0. The van der Waals surface area contributed by atoms with E-state index in [1.54, 1.807) is 23.1 Å². The van der Waals surface area contributed by atoms with Crippen LogP contribution in [0.3, 0.4) is 0 Å². The molecule has 0 aromatic heterocycles. The molecule has 2 heterocycles. The average molecular weight is 342 g/mol. The Bertz CT molecular complexity index is 775. The third-order valence-corrected chi connectivity index (χ3v) is 4.57. The molecule has 2 aliphatic rings. The smallest absolute Gasteiger partial charge is 0.267 e. The van der Waals surface area contributed by atoms with Gasteiger partial charge in [0.2, 0.25) is 6.10 Å². The monoisotopic (exact) mass is 342 g/mol. The molecule has 0 unspecified atom stereocenters. The van der Waals surface area contributed by atoms with Crippen molar-refractivity contribution in [2.75, 3.05) is 37.7 Å². The topological polar surface area (TPSA) is 42.0 Å². The molecule has 0 N–H and O–H groups in total. The molecule has 0 radical (unpaired) electrons. The van der Waals surface area contributed by atoms with Gasteiger partial charge in [-0.2, -0.15) is 0 Å². The number of carbonyl (C=O) groups is 1. The zero-order valence-electron chi connectivity index (χ0n) is 13.7. The lowest BCUT2D eigenvalue weighted by Gasteiger charge is -2.38. The van der Waals surface area contributed by atoms with Crippen LogP contribution in [-0.2, 0) is 4.79 Å². The van der Waals surface area contributed by atoms with Crippen LogP contribution in [0, 0.1) is 5.82 Å². The predicted molar refractivity (Wildman–Crippen MR) is 91.5 cm³/mol. The van der Waals surface area contributed by atoms with Crippen molar-refractivity contribution in [2.24, 2.45) is 0 Å². The van der Waals surface area contributed by atoms with Gasteiger partial charge in [-0.15, -0.1) is 0 Å². The predicted octanol–water partition coefficient (Wildman–Crippen LogP) is 2.31. The second-order valence-electron chi connectivity index (χ2n) is 6.13. The Labute approximate surface area is 145 Å². The summed E-state index contributed by atoms with van der Waals surface area (Å²) in [6.45, 7) is 2.47. The van der Waals surface area contributed by atoms with Crippen molar-refractivity contribution in [2.45, 2.75) is 6.10 Å². The minimum absolute atomic E-state index is 0.0808. The molecule has 6 heteroatoms. The van der Waals surface area contributed by atoms with Gasteiger partial charge in [-0.3, -0.25) is 4.79 Å². The number of anilines is 1. The third-order valence-electron chi connectivity index (χ3n) is 4.57. The Hall–Kier alpha value is -2.76. The van der Waals surface area contributed by atoms with Crippen molar-refractivity contribution < 1.29 is 18.7 Å². The second-order valence-corrected chi connectivity index (χ2v) is 6.13. The number of nitrogens with zero attached hydrogens (tertiary/aromatic N) is 2. The van der Waals surface area contributed by atoms with Crippen LogP contribution in [0.5, 0.6) is 11.5 Å². The van der Waals surface area contributed by atoms with E-state index in [1.165, 1.54) is 6.07 Å². The highest BCUT2D eigenvalue weighted by molar-refractivity contribution is 5.82.